The van der Waals surface area contributed by atoms with Crippen molar-refractivity contribution in [1.82, 2.24) is 16.0 Å². The van der Waals surface area contributed by atoms with Gasteiger partial charge in [-0.05, 0) is 47.3 Å². The molecule has 3 amide bonds. The number of thiophene rings is 1. The molecule has 1 aromatic heterocycles. The molecular weight excluding hydrogens is 505 g/mol. The van der Waals surface area contributed by atoms with Crippen LogP contribution in [0, 0.1) is 0 Å². The predicted octanol–water partition coefficient (Wildman–Crippen LogP) is -1.68. The van der Waals surface area contributed by atoms with Gasteiger partial charge in [0.05, 0.1) is 27.5 Å². The van der Waals surface area contributed by atoms with Crippen LogP contribution in [0.25, 0.3) is 0 Å². The van der Waals surface area contributed by atoms with E-state index in [1.165, 1.54) is 41.7 Å². The number of phenolic OH excluding ortho intramolecular Hbond substituents is 1. The summed E-state index contributed by atoms with van der Waals surface area (Å²) in [6.45, 7) is -0.227. The van der Waals surface area contributed by atoms with Gasteiger partial charge in [0, 0.05) is 18.7 Å². The van der Waals surface area contributed by atoms with Crippen molar-refractivity contribution in [2.24, 2.45) is 0 Å². The van der Waals surface area contributed by atoms with Crippen molar-refractivity contribution in [3.63, 3.8) is 0 Å². The average Bonchev–Trinajstić information content (AvgIpc) is 3.34. The number of carbonyl (C=O) groups excluding carboxylic acids is 4. The molecule has 0 spiro atoms. The van der Waals surface area contributed by atoms with Crippen LogP contribution in [0.2, 0.25) is 5.02 Å². The molecule has 0 aliphatic rings. The molecular formula is C23H19ClN3NaO6S. The maximum Gasteiger partial charge on any atom is 1.00 e. The summed E-state index contributed by atoms with van der Waals surface area (Å²) >= 11 is 7.35. The Morgan fingerprint density at radius 2 is 1.74 bits per heavy atom. The molecule has 3 aromatic rings. The largest absolute Gasteiger partial charge is 1.00 e. The van der Waals surface area contributed by atoms with E-state index in [1.807, 2.05) is 0 Å². The molecule has 0 fully saturated rings. The van der Waals surface area contributed by atoms with Gasteiger partial charge in [-0.3, -0.25) is 14.4 Å². The molecule has 3 rings (SSSR count). The molecule has 176 valence electrons. The van der Waals surface area contributed by atoms with E-state index >= 15 is 0 Å². The van der Waals surface area contributed by atoms with Crippen molar-refractivity contribution in [3.05, 3.63) is 86.6 Å². The standard InChI is InChI=1S/C23H20ClN3O6S.Na/c24-17-10-14(20(29)25-11-13-3-1-4-15(28)9-13)6-7-16(17)21(30)27-18(23(32)33)12-26-22(31)19-5-2-8-34-19;/h1-10,18,28H,11-12H2,(H,25,29)(H,26,31)(H,27,30)(H,32,33);/q;+1/p-1. The van der Waals surface area contributed by atoms with Crippen LogP contribution >= 0.6 is 22.9 Å². The summed E-state index contributed by atoms with van der Waals surface area (Å²) in [5.41, 5.74) is 0.818. The summed E-state index contributed by atoms with van der Waals surface area (Å²) in [5.74, 6) is -3.25. The maximum absolute atomic E-state index is 12.6. The van der Waals surface area contributed by atoms with Crippen molar-refractivity contribution in [3.8, 4) is 5.75 Å². The number of nitrogens with one attached hydrogen (secondary N) is 3. The summed E-state index contributed by atoms with van der Waals surface area (Å²) in [7, 11) is 0. The van der Waals surface area contributed by atoms with Gasteiger partial charge in [-0.2, -0.15) is 0 Å². The molecule has 12 heteroatoms. The zero-order valence-electron chi connectivity index (χ0n) is 18.5. The van der Waals surface area contributed by atoms with Crippen LogP contribution in [0.4, 0.5) is 0 Å². The monoisotopic (exact) mass is 523 g/mol. The van der Waals surface area contributed by atoms with Gasteiger partial charge in [0.25, 0.3) is 17.7 Å². The summed E-state index contributed by atoms with van der Waals surface area (Å²) in [5, 5.41) is 29.9. The van der Waals surface area contributed by atoms with Crippen LogP contribution in [-0.2, 0) is 11.3 Å². The van der Waals surface area contributed by atoms with Crippen LogP contribution in [0.15, 0.2) is 60.0 Å². The summed E-state index contributed by atoms with van der Waals surface area (Å²) in [4.78, 5) is 48.8. The van der Waals surface area contributed by atoms with E-state index in [2.05, 4.69) is 16.0 Å². The Morgan fingerprint density at radius 1 is 0.971 bits per heavy atom. The van der Waals surface area contributed by atoms with E-state index in [4.69, 9.17) is 11.6 Å². The van der Waals surface area contributed by atoms with E-state index in [0.29, 0.717) is 10.4 Å². The molecule has 0 bridgehead atoms. The third-order valence-electron chi connectivity index (χ3n) is 4.64. The molecule has 4 N–H and O–H groups in total. The molecule has 0 saturated heterocycles. The molecule has 0 radical (unpaired) electrons. The number of rotatable bonds is 9. The molecule has 35 heavy (non-hydrogen) atoms. The third-order valence-corrected chi connectivity index (χ3v) is 5.82. The molecule has 1 unspecified atom stereocenters. The smallest absolute Gasteiger partial charge is 0.548 e. The molecule has 0 saturated carbocycles. The average molecular weight is 524 g/mol. The van der Waals surface area contributed by atoms with Crippen molar-refractivity contribution >= 4 is 46.6 Å². The number of hydrogen-bond acceptors (Lipinski definition) is 7. The fourth-order valence-electron chi connectivity index (χ4n) is 2.91. The predicted molar refractivity (Wildman–Crippen MR) is 124 cm³/mol. The Labute approximate surface area is 231 Å². The molecule has 0 aliphatic carbocycles. The number of phenols is 1. The number of benzene rings is 2. The van der Waals surface area contributed by atoms with Crippen LogP contribution in [0.3, 0.4) is 0 Å². The molecule has 9 nitrogen and oxygen atoms in total. The maximum atomic E-state index is 12.6. The summed E-state index contributed by atoms with van der Waals surface area (Å²) in [6.07, 6.45) is 0. The van der Waals surface area contributed by atoms with Crippen molar-refractivity contribution < 1.29 is 58.9 Å². The van der Waals surface area contributed by atoms with E-state index in [9.17, 15) is 29.4 Å². The Hall–Kier alpha value is -2.89. The number of carboxylic acid groups (broad SMARTS) is 1. The molecule has 2 aromatic carbocycles. The Morgan fingerprint density at radius 3 is 2.37 bits per heavy atom. The van der Waals surface area contributed by atoms with Gasteiger partial charge in [-0.1, -0.05) is 29.8 Å². The van der Waals surface area contributed by atoms with E-state index in [1.54, 1.807) is 29.6 Å². The van der Waals surface area contributed by atoms with Crippen LogP contribution < -0.4 is 50.6 Å². The zero-order chi connectivity index (χ0) is 24.7. The van der Waals surface area contributed by atoms with Gasteiger partial charge in [0.1, 0.15) is 5.75 Å². The van der Waals surface area contributed by atoms with Crippen LogP contribution in [0.5, 0.6) is 5.75 Å². The first-order valence-electron chi connectivity index (χ1n) is 9.93. The van der Waals surface area contributed by atoms with Crippen LogP contribution in [0.1, 0.15) is 36.0 Å². The van der Waals surface area contributed by atoms with Gasteiger partial charge < -0.3 is 31.0 Å². The minimum absolute atomic E-state index is 0. The number of carbonyl (C=O) groups is 4. The SMILES string of the molecule is O=C(NCc1cccc(O)c1)c1ccc(C(=O)NC(CNC(=O)c2cccs2)C(=O)[O-])c(Cl)c1.[Na+]. The number of amides is 3. The topological polar surface area (TPSA) is 148 Å². The fraction of sp³-hybridized carbons (Fsp3) is 0.130. The normalized spacial score (nSPS) is 11.0. The first kappa shape index (κ1) is 28.3. The first-order chi connectivity index (χ1) is 16.2. The van der Waals surface area contributed by atoms with Crippen molar-refractivity contribution in [1.29, 1.82) is 0 Å². The molecule has 1 atom stereocenters. The van der Waals surface area contributed by atoms with Gasteiger partial charge in [0.2, 0.25) is 0 Å². The minimum Gasteiger partial charge on any atom is -0.548 e. The molecule has 0 aliphatic heterocycles. The number of aliphatic carboxylic acids is 1. The van der Waals surface area contributed by atoms with Crippen LogP contribution in [-0.4, -0.2) is 41.4 Å². The number of halogens is 1. The third kappa shape index (κ3) is 8.08. The Kier molecular flexibility index (Phi) is 10.7. The van der Waals surface area contributed by atoms with Gasteiger partial charge in [-0.15, -0.1) is 11.3 Å². The zero-order valence-corrected chi connectivity index (χ0v) is 22.1. The summed E-state index contributed by atoms with van der Waals surface area (Å²) in [6, 6.07) is 12.1. The second kappa shape index (κ2) is 13.3. The second-order valence-electron chi connectivity index (χ2n) is 7.08. The van der Waals surface area contributed by atoms with E-state index < -0.39 is 36.3 Å². The van der Waals surface area contributed by atoms with Gasteiger partial charge in [0.15, 0.2) is 0 Å². The van der Waals surface area contributed by atoms with Crippen molar-refractivity contribution in [2.75, 3.05) is 6.54 Å². The summed E-state index contributed by atoms with van der Waals surface area (Å²) < 4.78 is 0. The number of hydrogen-bond donors (Lipinski definition) is 4. The first-order valence-corrected chi connectivity index (χ1v) is 11.2. The van der Waals surface area contributed by atoms with E-state index in [-0.39, 0.29) is 58.0 Å². The second-order valence-corrected chi connectivity index (χ2v) is 8.43. The number of aromatic hydroxyl groups is 1. The number of carboxylic acids is 1. The van der Waals surface area contributed by atoms with E-state index in [0.717, 1.165) is 0 Å². The Balaban J connectivity index is 0.00000432. The molecule has 1 heterocycles. The fourth-order valence-corrected chi connectivity index (χ4v) is 3.82. The van der Waals surface area contributed by atoms with Gasteiger partial charge in [-0.25, -0.2) is 0 Å². The minimum atomic E-state index is -1.58. The van der Waals surface area contributed by atoms with Crippen molar-refractivity contribution in [2.45, 2.75) is 12.6 Å². The van der Waals surface area contributed by atoms with Gasteiger partial charge >= 0.3 is 29.6 Å². The Bertz CT molecular complexity index is 1220. The quantitative estimate of drug-likeness (QED) is 0.246.